The molecule has 1 amide bonds. The van der Waals surface area contributed by atoms with Gasteiger partial charge in [-0.15, -0.1) is 5.10 Å². The van der Waals surface area contributed by atoms with Crippen molar-refractivity contribution in [2.45, 2.75) is 13.8 Å². The Labute approximate surface area is 172 Å². The molecular weight excluding hydrogens is 384 g/mol. The van der Waals surface area contributed by atoms with Gasteiger partial charge in [0.05, 0.1) is 24.7 Å². The largest absolute Gasteiger partial charge is 0.497 e. The molecule has 3 aromatic heterocycles. The number of fused-ring (bicyclic) bond motifs is 1. The average molecular weight is 404 g/mol. The first kappa shape index (κ1) is 19.2. The number of benzene rings is 1. The quantitative estimate of drug-likeness (QED) is 0.508. The lowest BCUT2D eigenvalue weighted by Gasteiger charge is -2.10. The third-order valence-electron chi connectivity index (χ3n) is 4.60. The van der Waals surface area contributed by atoms with Gasteiger partial charge in [0.25, 0.3) is 5.91 Å². The van der Waals surface area contributed by atoms with Crippen LogP contribution in [-0.2, 0) is 11.8 Å². The molecule has 10 nitrogen and oxygen atoms in total. The number of hydrogen-bond acceptors (Lipinski definition) is 7. The van der Waals surface area contributed by atoms with Gasteiger partial charge in [-0.3, -0.25) is 9.48 Å². The number of nitrogens with one attached hydrogen (secondary N) is 1. The van der Waals surface area contributed by atoms with Crippen LogP contribution in [0, 0.1) is 13.8 Å². The molecule has 0 aliphatic heterocycles. The third kappa shape index (κ3) is 3.62. The second-order valence-electron chi connectivity index (χ2n) is 6.70. The molecule has 0 radical (unpaired) electrons. The molecule has 1 N–H and O–H groups in total. The topological polar surface area (TPSA) is 113 Å². The van der Waals surface area contributed by atoms with E-state index in [9.17, 15) is 4.79 Å². The zero-order valence-electron chi connectivity index (χ0n) is 17.0. The predicted molar refractivity (Wildman–Crippen MR) is 112 cm³/mol. The molecule has 1 aromatic carbocycles. The van der Waals surface area contributed by atoms with E-state index in [1.165, 1.54) is 4.68 Å². The van der Waals surface area contributed by atoms with E-state index < -0.39 is 0 Å². The van der Waals surface area contributed by atoms with Crippen LogP contribution < -0.4 is 10.1 Å². The number of pyridine rings is 1. The number of nitrogens with zero attached hydrogens (tertiary/aromatic N) is 7. The summed E-state index contributed by atoms with van der Waals surface area (Å²) in [6.45, 7) is 3.62. The standard InChI is InChI=1S/C20H20N8O2/c1-12-17-10-15(11-21-19(17)27(3)24-12)22-20(29)18(28-13(2)23-25-26-28)9-14-6-5-7-16(8-14)30-4/h5-11H,1-4H3,(H,22,29)/b18-9-. The number of rotatable bonds is 5. The smallest absolute Gasteiger partial charge is 0.274 e. The van der Waals surface area contributed by atoms with Crippen LogP contribution in [-0.4, -0.2) is 48.0 Å². The average Bonchev–Trinajstić information content (AvgIpc) is 3.28. The highest BCUT2D eigenvalue weighted by Crippen LogP contribution is 2.22. The van der Waals surface area contributed by atoms with E-state index in [4.69, 9.17) is 4.74 Å². The van der Waals surface area contributed by atoms with Crippen molar-refractivity contribution < 1.29 is 9.53 Å². The van der Waals surface area contributed by atoms with Crippen molar-refractivity contribution in [3.63, 3.8) is 0 Å². The van der Waals surface area contributed by atoms with Crippen LogP contribution in [0.3, 0.4) is 0 Å². The summed E-state index contributed by atoms with van der Waals surface area (Å²) in [5.41, 5.74) is 3.15. The number of carbonyl (C=O) groups excluding carboxylic acids is 1. The minimum absolute atomic E-state index is 0.258. The SMILES string of the molecule is COc1cccc(/C=C(/C(=O)Nc2cnc3c(c2)c(C)nn3C)n2nnnc2C)c1. The summed E-state index contributed by atoms with van der Waals surface area (Å²) in [4.78, 5) is 17.6. The highest BCUT2D eigenvalue weighted by molar-refractivity contribution is 6.24. The summed E-state index contributed by atoms with van der Waals surface area (Å²) < 4.78 is 8.36. The fourth-order valence-electron chi connectivity index (χ4n) is 3.14. The zero-order chi connectivity index (χ0) is 21.3. The summed E-state index contributed by atoms with van der Waals surface area (Å²) in [5.74, 6) is 0.783. The van der Waals surface area contributed by atoms with E-state index in [1.54, 1.807) is 31.0 Å². The molecule has 0 aliphatic rings. The third-order valence-corrected chi connectivity index (χ3v) is 4.60. The van der Waals surface area contributed by atoms with Crippen molar-refractivity contribution in [2.75, 3.05) is 12.4 Å². The molecular formula is C20H20N8O2. The van der Waals surface area contributed by atoms with E-state index in [0.29, 0.717) is 17.3 Å². The van der Waals surface area contributed by atoms with Gasteiger partial charge in [-0.1, -0.05) is 12.1 Å². The van der Waals surface area contributed by atoms with E-state index in [1.807, 2.05) is 44.3 Å². The first-order valence-electron chi connectivity index (χ1n) is 9.18. The van der Waals surface area contributed by atoms with Crippen molar-refractivity contribution in [3.8, 4) is 5.75 Å². The number of carbonyl (C=O) groups is 1. The van der Waals surface area contributed by atoms with Gasteiger partial charge in [0.1, 0.15) is 11.4 Å². The molecule has 3 heterocycles. The van der Waals surface area contributed by atoms with E-state index >= 15 is 0 Å². The number of anilines is 1. The maximum Gasteiger partial charge on any atom is 0.274 e. The van der Waals surface area contributed by atoms with Crippen LogP contribution in [0.1, 0.15) is 17.1 Å². The van der Waals surface area contributed by atoms with Crippen molar-refractivity contribution in [1.29, 1.82) is 0 Å². The lowest BCUT2D eigenvalue weighted by Crippen LogP contribution is -2.19. The molecule has 0 bridgehead atoms. The number of tetrazole rings is 1. The molecule has 0 aliphatic carbocycles. The first-order chi connectivity index (χ1) is 14.5. The highest BCUT2D eigenvalue weighted by atomic mass is 16.5. The van der Waals surface area contributed by atoms with Crippen LogP contribution in [0.5, 0.6) is 5.75 Å². The van der Waals surface area contributed by atoms with Crippen molar-refractivity contribution in [2.24, 2.45) is 7.05 Å². The Bertz CT molecular complexity index is 1270. The fourth-order valence-corrected chi connectivity index (χ4v) is 3.14. The van der Waals surface area contributed by atoms with Gasteiger partial charge >= 0.3 is 0 Å². The van der Waals surface area contributed by atoms with Gasteiger partial charge < -0.3 is 10.1 Å². The summed E-state index contributed by atoms with van der Waals surface area (Å²) in [6, 6.07) is 9.20. The van der Waals surface area contributed by atoms with Gasteiger partial charge in [-0.2, -0.15) is 9.78 Å². The van der Waals surface area contributed by atoms with E-state index in [-0.39, 0.29) is 11.6 Å². The summed E-state index contributed by atoms with van der Waals surface area (Å²) in [7, 11) is 3.42. The lowest BCUT2D eigenvalue weighted by molar-refractivity contribution is -0.111. The molecule has 0 spiro atoms. The predicted octanol–water partition coefficient (Wildman–Crippen LogP) is 2.22. The molecule has 0 saturated heterocycles. The number of methoxy groups -OCH3 is 1. The molecule has 4 aromatic rings. The van der Waals surface area contributed by atoms with Crippen LogP contribution in [0.2, 0.25) is 0 Å². The van der Waals surface area contributed by atoms with Crippen LogP contribution in [0.4, 0.5) is 5.69 Å². The molecule has 10 heteroatoms. The maximum absolute atomic E-state index is 13.2. The molecule has 0 fully saturated rings. The van der Waals surface area contributed by atoms with Crippen molar-refractivity contribution >= 4 is 34.4 Å². The highest BCUT2D eigenvalue weighted by Gasteiger charge is 2.17. The minimum atomic E-state index is -0.379. The van der Waals surface area contributed by atoms with Crippen molar-refractivity contribution in [3.05, 3.63) is 53.6 Å². The Morgan fingerprint density at radius 1 is 1.23 bits per heavy atom. The maximum atomic E-state index is 13.2. The van der Waals surface area contributed by atoms with Gasteiger partial charge in [-0.05, 0) is 54.1 Å². The van der Waals surface area contributed by atoms with Gasteiger partial charge in [-0.25, -0.2) is 4.98 Å². The summed E-state index contributed by atoms with van der Waals surface area (Å²) >= 11 is 0. The number of aromatic nitrogens is 7. The van der Waals surface area contributed by atoms with E-state index in [0.717, 1.165) is 22.3 Å². The molecule has 30 heavy (non-hydrogen) atoms. The molecule has 0 unspecified atom stereocenters. The summed E-state index contributed by atoms with van der Waals surface area (Å²) in [6.07, 6.45) is 3.29. The Hall–Kier alpha value is -4.08. The fraction of sp³-hybridized carbons (Fsp3) is 0.200. The number of amides is 1. The number of hydrogen-bond donors (Lipinski definition) is 1. The van der Waals surface area contributed by atoms with Crippen LogP contribution in [0.25, 0.3) is 22.8 Å². The second-order valence-corrected chi connectivity index (χ2v) is 6.70. The lowest BCUT2D eigenvalue weighted by atomic mass is 10.1. The Morgan fingerprint density at radius 2 is 2.07 bits per heavy atom. The monoisotopic (exact) mass is 404 g/mol. The van der Waals surface area contributed by atoms with E-state index in [2.05, 4.69) is 30.9 Å². The molecule has 0 saturated carbocycles. The van der Waals surface area contributed by atoms with Gasteiger partial charge in [0, 0.05) is 12.4 Å². The zero-order valence-corrected chi connectivity index (χ0v) is 17.0. The first-order valence-corrected chi connectivity index (χ1v) is 9.18. The minimum Gasteiger partial charge on any atom is -0.497 e. The van der Waals surface area contributed by atoms with Crippen LogP contribution >= 0.6 is 0 Å². The normalized spacial score (nSPS) is 11.7. The molecule has 152 valence electrons. The van der Waals surface area contributed by atoms with Crippen LogP contribution in [0.15, 0.2) is 36.5 Å². The number of ether oxygens (including phenoxy) is 1. The number of aryl methyl sites for hydroxylation is 3. The summed E-state index contributed by atoms with van der Waals surface area (Å²) in [5, 5.41) is 19.6. The Morgan fingerprint density at radius 3 is 2.80 bits per heavy atom. The van der Waals surface area contributed by atoms with Crippen molar-refractivity contribution in [1.82, 2.24) is 35.0 Å². The Kier molecular flexibility index (Phi) is 4.97. The second kappa shape index (κ2) is 7.74. The molecule has 0 atom stereocenters. The van der Waals surface area contributed by atoms with Gasteiger partial charge in [0.2, 0.25) is 0 Å². The molecule has 4 rings (SSSR count). The Balaban J connectivity index is 1.72. The van der Waals surface area contributed by atoms with Gasteiger partial charge in [0.15, 0.2) is 11.5 Å².